The van der Waals surface area contributed by atoms with Gasteiger partial charge >= 0.3 is 17.9 Å². The van der Waals surface area contributed by atoms with Gasteiger partial charge in [0.2, 0.25) is 53.2 Å². The highest BCUT2D eigenvalue weighted by atomic mass is 16.4. The number of aliphatic carboxylic acids is 3. The van der Waals surface area contributed by atoms with Crippen LogP contribution in [-0.4, -0.2) is 181 Å². The number of nitrogens with two attached hydrogens (primary N) is 5. The highest BCUT2D eigenvalue weighted by Crippen LogP contribution is 2.21. The van der Waals surface area contributed by atoms with Gasteiger partial charge in [0.05, 0.1) is 25.2 Å². The van der Waals surface area contributed by atoms with Gasteiger partial charge in [-0.1, -0.05) is 27.7 Å². The van der Waals surface area contributed by atoms with E-state index >= 15 is 0 Å². The molecule has 1 saturated heterocycles. The molecule has 2 heterocycles. The molecule has 1 aromatic rings. The largest absolute Gasteiger partial charge is 0.481 e. The number of hydrogen-bond acceptors (Lipinski definition) is 16. The molecule has 2 rings (SSSR count). The summed E-state index contributed by atoms with van der Waals surface area (Å²) in [5, 5.41) is 46.0. The minimum Gasteiger partial charge on any atom is -0.481 e. The molecule has 0 aromatic carbocycles. The summed E-state index contributed by atoms with van der Waals surface area (Å²) < 4.78 is 0. The van der Waals surface area contributed by atoms with Crippen molar-refractivity contribution in [1.29, 1.82) is 0 Å². The normalized spacial score (nSPS) is 16.1. The highest BCUT2D eigenvalue weighted by molar-refractivity contribution is 5.99. The molecular weight excluding hydrogens is 1040 g/mol. The van der Waals surface area contributed by atoms with E-state index in [1.165, 1.54) is 12.5 Å². The second-order valence-corrected chi connectivity index (χ2v) is 20.0. The third kappa shape index (κ3) is 24.9. The van der Waals surface area contributed by atoms with E-state index in [4.69, 9.17) is 28.7 Å². The third-order valence-corrected chi connectivity index (χ3v) is 12.3. The maximum Gasteiger partial charge on any atom is 0.326 e. The Morgan fingerprint density at radius 3 is 1.71 bits per heavy atom. The van der Waals surface area contributed by atoms with E-state index in [1.54, 1.807) is 27.7 Å². The van der Waals surface area contributed by atoms with Crippen LogP contribution < -0.4 is 65.9 Å². The van der Waals surface area contributed by atoms with Crippen LogP contribution in [0.4, 0.5) is 0 Å². The molecule has 0 unspecified atom stereocenters. The van der Waals surface area contributed by atoms with Crippen molar-refractivity contribution in [2.75, 3.05) is 19.6 Å². The number of unbranched alkanes of at least 4 members (excludes halogenated alkanes) is 1. The van der Waals surface area contributed by atoms with Crippen molar-refractivity contribution in [3.05, 3.63) is 18.2 Å². The molecule has 1 aliphatic rings. The summed E-state index contributed by atoms with van der Waals surface area (Å²) in [7, 11) is 0. The quantitative estimate of drug-likeness (QED) is 0.0169. The molecule has 1 fully saturated rings. The smallest absolute Gasteiger partial charge is 0.326 e. The molecule has 0 spiro atoms. The summed E-state index contributed by atoms with van der Waals surface area (Å²) >= 11 is 0. The first kappa shape index (κ1) is 67.2. The van der Waals surface area contributed by atoms with E-state index in [1.807, 2.05) is 0 Å². The molecule has 0 bridgehead atoms. The fourth-order valence-electron chi connectivity index (χ4n) is 8.39. The SMILES string of the molecule is CC(C)C[C@H](NC(=O)[C@H](CC(N)=O)NC(=O)[C@H](CCC(=O)O)NC(=O)[C@@H]1CCCN1C(=O)[C@H](CCCCN)NC(=O)[C@H](CC(C)C)NC(=O)[C@H](CC(=O)O)NC(=O)[C@H](CCCN=C(N)N)NC(=O)[C@@H](N)Cc1cnc[nH]1)C(=O)O. The Labute approximate surface area is 456 Å². The number of aromatic amines is 1. The van der Waals surface area contributed by atoms with Crippen molar-refractivity contribution < 1.29 is 72.9 Å². The van der Waals surface area contributed by atoms with Crippen LogP contribution in [0.1, 0.15) is 117 Å². The van der Waals surface area contributed by atoms with Crippen molar-refractivity contribution in [1.82, 2.24) is 52.1 Å². The van der Waals surface area contributed by atoms with Crippen molar-refractivity contribution in [2.45, 2.75) is 172 Å². The van der Waals surface area contributed by atoms with Crippen molar-refractivity contribution in [2.24, 2.45) is 45.5 Å². The molecule has 1 aromatic heterocycles. The minimum absolute atomic E-state index is 0.00709. The summed E-state index contributed by atoms with van der Waals surface area (Å²) in [4.78, 5) is 170. The molecule has 1 aliphatic heterocycles. The number of guanidine groups is 1. The number of carboxylic acids is 3. The molecule has 0 radical (unpaired) electrons. The van der Waals surface area contributed by atoms with Crippen LogP contribution in [0.2, 0.25) is 0 Å². The maximum absolute atomic E-state index is 14.5. The van der Waals surface area contributed by atoms with Gasteiger partial charge in [0.1, 0.15) is 48.3 Å². The molecule has 21 N–H and O–H groups in total. The van der Waals surface area contributed by atoms with Crippen molar-refractivity contribution in [3.63, 3.8) is 0 Å². The van der Waals surface area contributed by atoms with Crippen LogP contribution in [0.3, 0.4) is 0 Å². The number of rotatable bonds is 37. The molecule has 0 aliphatic carbocycles. The minimum atomic E-state index is -1.82. The van der Waals surface area contributed by atoms with E-state index in [2.05, 4.69) is 52.2 Å². The van der Waals surface area contributed by atoms with Gasteiger partial charge in [0.25, 0.3) is 0 Å². The zero-order chi connectivity index (χ0) is 59.5. The molecule has 31 nitrogen and oxygen atoms in total. The molecule has 31 heteroatoms. The zero-order valence-electron chi connectivity index (χ0n) is 45.0. The van der Waals surface area contributed by atoms with E-state index < -0.39 is 151 Å². The lowest BCUT2D eigenvalue weighted by atomic mass is 10.0. The van der Waals surface area contributed by atoms with Gasteiger partial charge in [0, 0.05) is 37.8 Å². The number of amides is 9. The van der Waals surface area contributed by atoms with Crippen LogP contribution in [0.5, 0.6) is 0 Å². The Bertz CT molecular complexity index is 2290. The number of carbonyl (C=O) groups is 12. The Balaban J connectivity index is 2.41. The van der Waals surface area contributed by atoms with Gasteiger partial charge in [-0.2, -0.15) is 0 Å². The van der Waals surface area contributed by atoms with Gasteiger partial charge in [-0.15, -0.1) is 0 Å². The fraction of sp³-hybridized carbons (Fsp3) is 0.667. The number of aliphatic imine (C=N–C) groups is 1. The van der Waals surface area contributed by atoms with E-state index in [0.717, 1.165) is 4.90 Å². The first-order chi connectivity index (χ1) is 37.1. The number of likely N-dealkylation sites (tertiary alicyclic amines) is 1. The molecule has 442 valence electrons. The number of aromatic nitrogens is 2. The lowest BCUT2D eigenvalue weighted by molar-refractivity contribution is -0.144. The average Bonchev–Trinajstić information content (AvgIpc) is 4.08. The second-order valence-electron chi connectivity index (χ2n) is 20.0. The van der Waals surface area contributed by atoms with E-state index in [9.17, 15) is 72.9 Å². The number of carboxylic acid groups (broad SMARTS) is 3. The summed E-state index contributed by atoms with van der Waals surface area (Å²) in [5.41, 5.74) is 28.6. The average molecular weight is 1120 g/mol. The number of hydrogen-bond donors (Lipinski definition) is 16. The number of primary amides is 1. The molecular formula is C48H80N16O15. The van der Waals surface area contributed by atoms with Crippen molar-refractivity contribution >= 4 is 77.0 Å². The van der Waals surface area contributed by atoms with Crippen LogP contribution in [0.15, 0.2) is 17.5 Å². The van der Waals surface area contributed by atoms with Gasteiger partial charge in [-0.3, -0.25) is 57.7 Å². The summed E-state index contributed by atoms with van der Waals surface area (Å²) in [6, 6.07) is -13.3. The Hall–Kier alpha value is -7.96. The Morgan fingerprint density at radius 2 is 1.18 bits per heavy atom. The topological polar surface area (TPSA) is 524 Å². The molecule has 0 saturated carbocycles. The van der Waals surface area contributed by atoms with Gasteiger partial charge in [-0.05, 0) is 82.6 Å². The number of imidazole rings is 1. The van der Waals surface area contributed by atoms with Gasteiger partial charge in [0.15, 0.2) is 5.96 Å². The first-order valence-corrected chi connectivity index (χ1v) is 26.0. The maximum atomic E-state index is 14.5. The Morgan fingerprint density at radius 1 is 0.658 bits per heavy atom. The van der Waals surface area contributed by atoms with Crippen molar-refractivity contribution in [3.8, 4) is 0 Å². The predicted octanol–water partition coefficient (Wildman–Crippen LogP) is -4.76. The number of H-pyrrole nitrogens is 1. The summed E-state index contributed by atoms with van der Waals surface area (Å²) in [6.45, 7) is 7.04. The number of nitrogens with zero attached hydrogens (tertiary/aromatic N) is 3. The van der Waals surface area contributed by atoms with Crippen LogP contribution in [0.25, 0.3) is 0 Å². The third-order valence-electron chi connectivity index (χ3n) is 12.3. The summed E-state index contributed by atoms with van der Waals surface area (Å²) in [6.07, 6.45) is 0.735. The lowest BCUT2D eigenvalue weighted by Gasteiger charge is -2.31. The standard InChI is InChI=1S/C48H80N16O15/c1-24(2)17-31(60-44(75)33(21-38(68)69)62-40(71)28(10-7-15-55-48(52)53)57-39(70)27(50)19-26-22-54-23-56-26)42(73)59-30(9-5-6-14-49)46(77)64-16-8-11-35(64)45(76)58-29(12-13-37(66)67)41(72)61-32(20-36(51)65)43(74)63-34(47(78)79)18-25(3)4/h22-25,27-35H,5-21,49-50H2,1-4H3,(H2,51,65)(H,54,56)(H,57,70)(H,58,76)(H,59,73)(H,60,75)(H,61,72)(H,62,71)(H,63,74)(H,66,67)(H,68,69)(H,78,79)(H4,52,53,55)/t27-,28-,29-,30-,31-,32-,33-,34-,35-/m0/s1. The predicted molar refractivity (Wildman–Crippen MR) is 281 cm³/mol. The summed E-state index contributed by atoms with van der Waals surface area (Å²) in [5.74, 6) is -13.8. The second kappa shape index (κ2) is 34.0. The van der Waals surface area contributed by atoms with Gasteiger partial charge < -0.3 is 91.1 Å². The van der Waals surface area contributed by atoms with Crippen LogP contribution in [-0.2, 0) is 64.0 Å². The Kier molecular flexibility index (Phi) is 28.9. The number of nitrogens with one attached hydrogen (secondary N) is 8. The fourth-order valence-corrected chi connectivity index (χ4v) is 8.39. The van der Waals surface area contributed by atoms with Gasteiger partial charge in [-0.25, -0.2) is 9.78 Å². The zero-order valence-corrected chi connectivity index (χ0v) is 45.0. The van der Waals surface area contributed by atoms with E-state index in [-0.39, 0.29) is 95.2 Å². The highest BCUT2D eigenvalue weighted by Gasteiger charge is 2.41. The van der Waals surface area contributed by atoms with Crippen LogP contribution in [0, 0.1) is 11.8 Å². The molecule has 9 atom stereocenters. The van der Waals surface area contributed by atoms with E-state index in [0.29, 0.717) is 12.1 Å². The lowest BCUT2D eigenvalue weighted by Crippen LogP contribution is -2.60. The number of carbonyl (C=O) groups excluding carboxylic acids is 9. The van der Waals surface area contributed by atoms with Crippen LogP contribution >= 0.6 is 0 Å². The molecule has 79 heavy (non-hydrogen) atoms. The first-order valence-electron chi connectivity index (χ1n) is 26.0. The monoisotopic (exact) mass is 1120 g/mol. The molecule has 9 amide bonds.